The fourth-order valence-electron chi connectivity index (χ4n) is 4.80. The Kier molecular flexibility index (Phi) is 10.2. The Morgan fingerprint density at radius 1 is 0.854 bits per heavy atom. The number of hydrogen-bond acceptors (Lipinski definition) is 4. The monoisotopic (exact) mass is 593 g/mol. The van der Waals surface area contributed by atoms with Crippen molar-refractivity contribution < 1.29 is 19.2 Å². The smallest absolute Gasteiger partial charge is 0.261 e. The second-order valence-corrected chi connectivity index (χ2v) is 11.3. The van der Waals surface area contributed by atoms with E-state index in [1.807, 2.05) is 44.2 Å². The van der Waals surface area contributed by atoms with E-state index in [9.17, 15) is 19.2 Å². The molecular weight excluding hydrogens is 561 g/mol. The third kappa shape index (κ3) is 7.34. The molecule has 4 amide bonds. The molecule has 1 aliphatic heterocycles. The van der Waals surface area contributed by atoms with Crippen LogP contribution in [0.15, 0.2) is 72.8 Å². The van der Waals surface area contributed by atoms with Gasteiger partial charge < -0.3 is 10.2 Å². The summed E-state index contributed by atoms with van der Waals surface area (Å²) in [4.78, 5) is 55.7. The molecule has 0 aromatic heterocycles. The fourth-order valence-corrected chi connectivity index (χ4v) is 5.32. The zero-order valence-electron chi connectivity index (χ0n) is 23.1. The van der Waals surface area contributed by atoms with Crippen LogP contribution in [0.25, 0.3) is 0 Å². The zero-order valence-corrected chi connectivity index (χ0v) is 24.6. The first kappa shape index (κ1) is 30.3. The van der Waals surface area contributed by atoms with Gasteiger partial charge in [0.25, 0.3) is 11.8 Å². The van der Waals surface area contributed by atoms with Crippen molar-refractivity contribution in [2.45, 2.75) is 45.7 Å². The van der Waals surface area contributed by atoms with Crippen LogP contribution in [0.3, 0.4) is 0 Å². The second kappa shape index (κ2) is 13.8. The topological polar surface area (TPSA) is 86.8 Å². The summed E-state index contributed by atoms with van der Waals surface area (Å²) in [6.07, 6.45) is 0.540. The van der Waals surface area contributed by atoms with Crippen molar-refractivity contribution in [3.8, 4) is 0 Å². The summed E-state index contributed by atoms with van der Waals surface area (Å²) in [7, 11) is 0. The molecule has 0 radical (unpaired) electrons. The molecule has 1 aliphatic rings. The minimum Gasteiger partial charge on any atom is -0.354 e. The van der Waals surface area contributed by atoms with Crippen LogP contribution >= 0.6 is 23.2 Å². The number of benzene rings is 3. The second-order valence-electron chi connectivity index (χ2n) is 10.5. The molecule has 7 nitrogen and oxygen atoms in total. The molecule has 3 aromatic carbocycles. The number of hydrogen-bond donors (Lipinski definition) is 1. The highest BCUT2D eigenvalue weighted by molar-refractivity contribution is 6.36. The molecule has 0 fully saturated rings. The molecule has 1 atom stereocenters. The fraction of sp³-hybridized carbons (Fsp3) is 0.312. The van der Waals surface area contributed by atoms with Gasteiger partial charge in [-0.3, -0.25) is 24.1 Å². The molecule has 9 heteroatoms. The van der Waals surface area contributed by atoms with Gasteiger partial charge in [-0.15, -0.1) is 0 Å². The lowest BCUT2D eigenvalue weighted by molar-refractivity contribution is -0.141. The van der Waals surface area contributed by atoms with Gasteiger partial charge in [0.15, 0.2) is 0 Å². The number of amides is 4. The maximum Gasteiger partial charge on any atom is 0.261 e. The highest BCUT2D eigenvalue weighted by Gasteiger charge is 2.35. The van der Waals surface area contributed by atoms with Crippen molar-refractivity contribution in [1.29, 1.82) is 0 Å². The molecule has 0 bridgehead atoms. The van der Waals surface area contributed by atoms with E-state index in [2.05, 4.69) is 5.32 Å². The van der Waals surface area contributed by atoms with Crippen LogP contribution in [-0.2, 0) is 22.6 Å². The number of carbonyl (C=O) groups excluding carboxylic acids is 4. The molecule has 41 heavy (non-hydrogen) atoms. The van der Waals surface area contributed by atoms with Crippen LogP contribution in [0.4, 0.5) is 0 Å². The predicted molar refractivity (Wildman–Crippen MR) is 160 cm³/mol. The van der Waals surface area contributed by atoms with Crippen LogP contribution in [-0.4, -0.2) is 52.6 Å². The van der Waals surface area contributed by atoms with E-state index in [0.29, 0.717) is 33.3 Å². The van der Waals surface area contributed by atoms with Gasteiger partial charge in [-0.25, -0.2) is 0 Å². The highest BCUT2D eigenvalue weighted by atomic mass is 35.5. The largest absolute Gasteiger partial charge is 0.354 e. The van der Waals surface area contributed by atoms with Gasteiger partial charge in [0.2, 0.25) is 11.8 Å². The summed E-state index contributed by atoms with van der Waals surface area (Å²) in [6.45, 7) is 4.56. The molecule has 0 spiro atoms. The Morgan fingerprint density at radius 3 is 2.02 bits per heavy atom. The van der Waals surface area contributed by atoms with Gasteiger partial charge in [0.1, 0.15) is 6.04 Å². The number of imide groups is 1. The summed E-state index contributed by atoms with van der Waals surface area (Å²) in [5, 5.41) is 3.76. The lowest BCUT2D eigenvalue weighted by atomic mass is 10.0. The molecule has 0 saturated heterocycles. The standard InChI is InChI=1S/C32H33Cl2N3O4/c1-21(2)19-35-30(39)28(18-22-10-4-3-5-11-22)37(20-25-26(33)14-8-15-27(25)34)29(38)16-9-17-36-31(40)23-12-6-7-13-24(23)32(36)41/h3-8,10-15,21,28H,9,16-20H2,1-2H3,(H,35,39)/t28-/m0/s1. The Balaban J connectivity index is 1.58. The van der Waals surface area contributed by atoms with E-state index in [1.54, 1.807) is 42.5 Å². The average molecular weight is 595 g/mol. The Hall–Kier alpha value is -3.68. The molecule has 1 N–H and O–H groups in total. The first-order valence-electron chi connectivity index (χ1n) is 13.7. The minimum absolute atomic E-state index is 0.0121. The van der Waals surface area contributed by atoms with Gasteiger partial charge >= 0.3 is 0 Å². The van der Waals surface area contributed by atoms with Gasteiger partial charge in [0.05, 0.1) is 11.1 Å². The van der Waals surface area contributed by atoms with E-state index < -0.39 is 6.04 Å². The van der Waals surface area contributed by atoms with Crippen molar-refractivity contribution in [3.63, 3.8) is 0 Å². The zero-order chi connectivity index (χ0) is 29.5. The maximum absolute atomic E-state index is 13.9. The number of nitrogens with one attached hydrogen (secondary N) is 1. The number of carbonyl (C=O) groups is 4. The molecular formula is C32H33Cl2N3O4. The molecule has 0 aliphatic carbocycles. The first-order valence-corrected chi connectivity index (χ1v) is 14.4. The molecule has 0 saturated carbocycles. The molecule has 4 rings (SSSR count). The van der Waals surface area contributed by atoms with Crippen molar-refractivity contribution >= 4 is 46.8 Å². The van der Waals surface area contributed by atoms with E-state index >= 15 is 0 Å². The van der Waals surface area contributed by atoms with Crippen LogP contribution in [0.1, 0.15) is 58.5 Å². The van der Waals surface area contributed by atoms with E-state index in [1.165, 1.54) is 9.80 Å². The third-order valence-corrected chi connectivity index (χ3v) is 7.70. The lowest BCUT2D eigenvalue weighted by Crippen LogP contribution is -2.51. The van der Waals surface area contributed by atoms with Crippen LogP contribution in [0, 0.1) is 5.92 Å². The van der Waals surface area contributed by atoms with Gasteiger partial charge in [-0.2, -0.15) is 0 Å². The van der Waals surface area contributed by atoms with Crippen molar-refractivity contribution in [1.82, 2.24) is 15.1 Å². The normalized spacial score (nSPS) is 13.3. The summed E-state index contributed by atoms with van der Waals surface area (Å²) in [5.74, 6) is -1.10. The molecule has 214 valence electrons. The van der Waals surface area contributed by atoms with Crippen LogP contribution in [0.2, 0.25) is 10.0 Å². The average Bonchev–Trinajstić information content (AvgIpc) is 3.20. The quantitative estimate of drug-likeness (QED) is 0.270. The van der Waals surface area contributed by atoms with Crippen molar-refractivity contribution in [3.05, 3.63) is 105 Å². The molecule has 0 unspecified atom stereocenters. The highest BCUT2D eigenvalue weighted by Crippen LogP contribution is 2.28. The minimum atomic E-state index is -0.838. The van der Waals surface area contributed by atoms with Crippen LogP contribution in [0.5, 0.6) is 0 Å². The van der Waals surface area contributed by atoms with Crippen molar-refractivity contribution in [2.75, 3.05) is 13.1 Å². The summed E-state index contributed by atoms with van der Waals surface area (Å²) in [5.41, 5.74) is 2.16. The summed E-state index contributed by atoms with van der Waals surface area (Å²) < 4.78 is 0. The number of fused-ring (bicyclic) bond motifs is 1. The number of halogens is 2. The Labute approximate surface area is 250 Å². The number of rotatable bonds is 12. The summed E-state index contributed by atoms with van der Waals surface area (Å²) in [6, 6.07) is 20.4. The van der Waals surface area contributed by atoms with Gasteiger partial charge in [-0.05, 0) is 42.2 Å². The van der Waals surface area contributed by atoms with Gasteiger partial charge in [0, 0.05) is 48.1 Å². The first-order chi connectivity index (χ1) is 19.7. The molecule has 1 heterocycles. The number of nitrogens with zero attached hydrogens (tertiary/aromatic N) is 2. The van der Waals surface area contributed by atoms with E-state index in [-0.39, 0.29) is 61.9 Å². The Morgan fingerprint density at radius 2 is 1.44 bits per heavy atom. The van der Waals surface area contributed by atoms with E-state index in [4.69, 9.17) is 23.2 Å². The summed E-state index contributed by atoms with van der Waals surface area (Å²) >= 11 is 13.0. The van der Waals surface area contributed by atoms with Gasteiger partial charge in [-0.1, -0.05) is 85.6 Å². The van der Waals surface area contributed by atoms with Crippen LogP contribution < -0.4 is 5.32 Å². The molecule has 3 aromatic rings. The maximum atomic E-state index is 13.9. The lowest BCUT2D eigenvalue weighted by Gasteiger charge is -2.32. The van der Waals surface area contributed by atoms with E-state index in [0.717, 1.165) is 5.56 Å². The third-order valence-electron chi connectivity index (χ3n) is 7.00. The predicted octanol–water partition coefficient (Wildman–Crippen LogP) is 5.78. The Bertz CT molecular complexity index is 1370. The SMILES string of the molecule is CC(C)CNC(=O)[C@H](Cc1ccccc1)N(Cc1c(Cl)cccc1Cl)C(=O)CCCN1C(=O)c2ccccc2C1=O. The van der Waals surface area contributed by atoms with Crippen molar-refractivity contribution in [2.24, 2.45) is 5.92 Å².